The van der Waals surface area contributed by atoms with E-state index in [0.29, 0.717) is 18.9 Å². The molecule has 1 aromatic rings. The van der Waals surface area contributed by atoms with Crippen molar-refractivity contribution in [3.8, 4) is 0 Å². The Kier molecular flexibility index (Phi) is 6.60. The number of furan rings is 1. The SMILES string of the molecule is CCc1ccc(C(COC)NS(=O)(=O)CC2CN(C)CCO2)o1. The highest BCUT2D eigenvalue weighted by Gasteiger charge is 2.28. The third-order valence-corrected chi connectivity index (χ3v) is 5.23. The van der Waals surface area contributed by atoms with Gasteiger partial charge in [0.15, 0.2) is 0 Å². The first-order chi connectivity index (χ1) is 10.9. The van der Waals surface area contributed by atoms with Crippen molar-refractivity contribution in [2.75, 3.05) is 46.2 Å². The summed E-state index contributed by atoms with van der Waals surface area (Å²) in [7, 11) is -0.0246. The number of nitrogens with one attached hydrogen (secondary N) is 1. The number of rotatable bonds is 8. The van der Waals surface area contributed by atoms with Crippen LogP contribution in [0.1, 0.15) is 24.5 Å². The van der Waals surface area contributed by atoms with Crippen LogP contribution in [0.5, 0.6) is 0 Å². The zero-order chi connectivity index (χ0) is 16.9. The van der Waals surface area contributed by atoms with Crippen molar-refractivity contribution in [1.82, 2.24) is 9.62 Å². The second kappa shape index (κ2) is 8.25. The van der Waals surface area contributed by atoms with Gasteiger partial charge < -0.3 is 18.8 Å². The van der Waals surface area contributed by atoms with E-state index in [1.165, 1.54) is 7.11 Å². The van der Waals surface area contributed by atoms with Crippen LogP contribution in [0.4, 0.5) is 0 Å². The van der Waals surface area contributed by atoms with Gasteiger partial charge in [-0.1, -0.05) is 6.92 Å². The highest BCUT2D eigenvalue weighted by molar-refractivity contribution is 7.89. The number of aryl methyl sites for hydroxylation is 1. The third kappa shape index (κ3) is 5.58. The zero-order valence-corrected chi connectivity index (χ0v) is 14.8. The van der Waals surface area contributed by atoms with Crippen LogP contribution >= 0.6 is 0 Å². The van der Waals surface area contributed by atoms with E-state index < -0.39 is 16.1 Å². The Bertz CT molecular complexity index is 586. The number of likely N-dealkylation sites (N-methyl/N-ethyl adjacent to an activating group) is 1. The Labute approximate surface area is 138 Å². The van der Waals surface area contributed by atoms with E-state index in [0.717, 1.165) is 18.7 Å². The van der Waals surface area contributed by atoms with Gasteiger partial charge in [0.2, 0.25) is 10.0 Å². The molecule has 0 aliphatic carbocycles. The van der Waals surface area contributed by atoms with Crippen molar-refractivity contribution >= 4 is 10.0 Å². The molecule has 8 heteroatoms. The molecule has 2 rings (SSSR count). The molecule has 0 spiro atoms. The molecule has 1 aromatic heterocycles. The number of methoxy groups -OCH3 is 1. The maximum absolute atomic E-state index is 12.4. The van der Waals surface area contributed by atoms with Crippen LogP contribution in [-0.4, -0.2) is 65.6 Å². The van der Waals surface area contributed by atoms with Crippen molar-refractivity contribution in [2.24, 2.45) is 0 Å². The minimum absolute atomic E-state index is 0.0705. The predicted molar refractivity (Wildman–Crippen MR) is 86.9 cm³/mol. The summed E-state index contributed by atoms with van der Waals surface area (Å²) in [5, 5.41) is 0. The summed E-state index contributed by atoms with van der Waals surface area (Å²) >= 11 is 0. The average molecular weight is 346 g/mol. The van der Waals surface area contributed by atoms with E-state index in [4.69, 9.17) is 13.9 Å². The Morgan fingerprint density at radius 2 is 2.26 bits per heavy atom. The molecule has 0 aromatic carbocycles. The predicted octanol–water partition coefficient (Wildman–Crippen LogP) is 0.780. The zero-order valence-electron chi connectivity index (χ0n) is 13.9. The highest BCUT2D eigenvalue weighted by atomic mass is 32.2. The fourth-order valence-corrected chi connectivity index (χ4v) is 3.99. The first-order valence-electron chi connectivity index (χ1n) is 7.81. The standard InChI is InChI=1S/C15H26N2O5S/c1-4-12-5-6-15(22-12)14(10-20-3)16-23(18,19)11-13-9-17(2)7-8-21-13/h5-6,13-14,16H,4,7-11H2,1-3H3. The number of hydrogen-bond donors (Lipinski definition) is 1. The fourth-order valence-electron chi connectivity index (χ4n) is 2.59. The minimum Gasteiger partial charge on any atom is -0.464 e. The topological polar surface area (TPSA) is 81.0 Å². The molecule has 0 bridgehead atoms. The number of hydrogen-bond acceptors (Lipinski definition) is 6. The molecule has 1 saturated heterocycles. The maximum atomic E-state index is 12.4. The molecule has 1 fully saturated rings. The molecular formula is C15H26N2O5S. The van der Waals surface area contributed by atoms with Crippen molar-refractivity contribution < 1.29 is 22.3 Å². The quantitative estimate of drug-likeness (QED) is 0.749. The van der Waals surface area contributed by atoms with Crippen LogP contribution in [-0.2, 0) is 25.9 Å². The van der Waals surface area contributed by atoms with Crippen molar-refractivity contribution in [3.05, 3.63) is 23.7 Å². The molecule has 2 unspecified atom stereocenters. The number of ether oxygens (including phenoxy) is 2. The molecule has 1 aliphatic heterocycles. The van der Waals surface area contributed by atoms with Gasteiger partial charge in [-0.2, -0.15) is 0 Å². The molecular weight excluding hydrogens is 320 g/mol. The van der Waals surface area contributed by atoms with Crippen LogP contribution in [0.3, 0.4) is 0 Å². The van der Waals surface area contributed by atoms with Gasteiger partial charge in [0.25, 0.3) is 0 Å². The molecule has 0 saturated carbocycles. The number of sulfonamides is 1. The summed E-state index contributed by atoms with van der Waals surface area (Å²) in [5.74, 6) is 1.31. The van der Waals surface area contributed by atoms with Crippen molar-refractivity contribution in [2.45, 2.75) is 25.5 Å². The van der Waals surface area contributed by atoms with Gasteiger partial charge in [-0.15, -0.1) is 0 Å². The first kappa shape index (κ1) is 18.4. The van der Waals surface area contributed by atoms with Crippen LogP contribution in [0.15, 0.2) is 16.5 Å². The van der Waals surface area contributed by atoms with E-state index in [2.05, 4.69) is 9.62 Å². The van der Waals surface area contributed by atoms with Gasteiger partial charge in [-0.3, -0.25) is 0 Å². The molecule has 132 valence electrons. The van der Waals surface area contributed by atoms with E-state index in [-0.39, 0.29) is 18.5 Å². The summed E-state index contributed by atoms with van der Waals surface area (Å²) in [6.45, 7) is 4.17. The van der Waals surface area contributed by atoms with Crippen LogP contribution in [0, 0.1) is 0 Å². The molecule has 2 atom stereocenters. The molecule has 7 nitrogen and oxygen atoms in total. The molecule has 0 radical (unpaired) electrons. The second-order valence-electron chi connectivity index (χ2n) is 5.82. The van der Waals surface area contributed by atoms with E-state index in [9.17, 15) is 8.42 Å². The van der Waals surface area contributed by atoms with Crippen LogP contribution in [0.2, 0.25) is 0 Å². The summed E-state index contributed by atoms with van der Waals surface area (Å²) in [6.07, 6.45) is 0.437. The summed E-state index contributed by atoms with van der Waals surface area (Å²) in [6, 6.07) is 3.10. The van der Waals surface area contributed by atoms with E-state index >= 15 is 0 Å². The summed E-state index contributed by atoms with van der Waals surface area (Å²) in [5.41, 5.74) is 0. The lowest BCUT2D eigenvalue weighted by molar-refractivity contribution is -0.00697. The van der Waals surface area contributed by atoms with Gasteiger partial charge in [0.05, 0.1) is 25.1 Å². The lowest BCUT2D eigenvalue weighted by Crippen LogP contribution is -2.46. The van der Waals surface area contributed by atoms with Gasteiger partial charge in [-0.05, 0) is 19.2 Å². The average Bonchev–Trinajstić information content (AvgIpc) is 2.95. The minimum atomic E-state index is -3.51. The fraction of sp³-hybridized carbons (Fsp3) is 0.733. The second-order valence-corrected chi connectivity index (χ2v) is 7.62. The van der Waals surface area contributed by atoms with Gasteiger partial charge >= 0.3 is 0 Å². The smallest absolute Gasteiger partial charge is 0.214 e. The first-order valence-corrected chi connectivity index (χ1v) is 9.46. The Morgan fingerprint density at radius 1 is 1.48 bits per heavy atom. The molecule has 1 N–H and O–H groups in total. The van der Waals surface area contributed by atoms with E-state index in [1.807, 2.05) is 20.0 Å². The lowest BCUT2D eigenvalue weighted by Gasteiger charge is -2.30. The summed E-state index contributed by atoms with van der Waals surface area (Å²) < 4.78 is 43.9. The van der Waals surface area contributed by atoms with Crippen molar-refractivity contribution in [1.29, 1.82) is 0 Å². The maximum Gasteiger partial charge on any atom is 0.214 e. The largest absolute Gasteiger partial charge is 0.464 e. The lowest BCUT2D eigenvalue weighted by atomic mass is 10.2. The Hall–Kier alpha value is -0.930. The van der Waals surface area contributed by atoms with E-state index in [1.54, 1.807) is 6.07 Å². The monoisotopic (exact) mass is 346 g/mol. The number of morpholine rings is 1. The van der Waals surface area contributed by atoms with Gasteiger partial charge in [-0.25, -0.2) is 13.1 Å². The van der Waals surface area contributed by atoms with Gasteiger partial charge in [0, 0.05) is 26.6 Å². The summed E-state index contributed by atoms with van der Waals surface area (Å²) in [4.78, 5) is 2.07. The normalized spacial score (nSPS) is 21.4. The Morgan fingerprint density at radius 3 is 2.87 bits per heavy atom. The van der Waals surface area contributed by atoms with Crippen LogP contribution < -0.4 is 4.72 Å². The van der Waals surface area contributed by atoms with Crippen LogP contribution in [0.25, 0.3) is 0 Å². The molecule has 23 heavy (non-hydrogen) atoms. The molecule has 1 aliphatic rings. The molecule has 0 amide bonds. The van der Waals surface area contributed by atoms with Crippen molar-refractivity contribution in [3.63, 3.8) is 0 Å². The Balaban J connectivity index is 2.02. The number of nitrogens with zero attached hydrogens (tertiary/aromatic N) is 1. The highest BCUT2D eigenvalue weighted by Crippen LogP contribution is 2.19. The van der Waals surface area contributed by atoms with Gasteiger partial charge in [0.1, 0.15) is 17.6 Å². The third-order valence-electron chi connectivity index (χ3n) is 3.78. The molecule has 2 heterocycles.